The van der Waals surface area contributed by atoms with Gasteiger partial charge in [0.2, 0.25) is 10.0 Å². The van der Waals surface area contributed by atoms with Gasteiger partial charge in [-0.25, -0.2) is 8.42 Å². The maximum atomic E-state index is 12.5. The fourth-order valence-corrected chi connectivity index (χ4v) is 3.31. The number of carbonyl (C=O) groups is 1. The maximum Gasteiger partial charge on any atom is 0.255 e. The molecule has 0 heterocycles. The number of hydrogen-bond donors (Lipinski definition) is 2. The van der Waals surface area contributed by atoms with E-state index in [1.165, 1.54) is 18.2 Å². The molecule has 0 unspecified atom stereocenters. The molecule has 0 aromatic heterocycles. The Kier molecular flexibility index (Phi) is 5.97. The second-order valence-corrected chi connectivity index (χ2v) is 7.52. The van der Waals surface area contributed by atoms with Gasteiger partial charge in [0.25, 0.3) is 5.91 Å². The van der Waals surface area contributed by atoms with Crippen molar-refractivity contribution in [1.82, 2.24) is 4.72 Å². The molecule has 0 spiro atoms. The Morgan fingerprint density at radius 3 is 2.56 bits per heavy atom. The average molecular weight is 356 g/mol. The summed E-state index contributed by atoms with van der Waals surface area (Å²) in [6.07, 6.45) is 5.08. The molecule has 2 aromatic carbocycles. The smallest absolute Gasteiger partial charge is 0.255 e. The van der Waals surface area contributed by atoms with Crippen LogP contribution in [0.2, 0.25) is 0 Å². The minimum atomic E-state index is -3.75. The highest BCUT2D eigenvalue weighted by Crippen LogP contribution is 2.24. The molecule has 0 bridgehead atoms. The highest BCUT2D eigenvalue weighted by Gasteiger charge is 2.16. The SMILES string of the molecule is C#CCNS(=O)(=O)c1cccc(C(=O)Nc2ccccc2C(C)C)c1. The first-order valence-corrected chi connectivity index (χ1v) is 9.27. The van der Waals surface area contributed by atoms with Crippen molar-refractivity contribution < 1.29 is 13.2 Å². The van der Waals surface area contributed by atoms with E-state index in [0.29, 0.717) is 5.69 Å². The summed E-state index contributed by atoms with van der Waals surface area (Å²) >= 11 is 0. The minimum Gasteiger partial charge on any atom is -0.322 e. The molecule has 5 nitrogen and oxygen atoms in total. The van der Waals surface area contributed by atoms with Gasteiger partial charge in [-0.3, -0.25) is 4.79 Å². The number of benzene rings is 2. The number of anilines is 1. The third-order valence-electron chi connectivity index (χ3n) is 3.60. The van der Waals surface area contributed by atoms with E-state index < -0.39 is 10.0 Å². The number of sulfonamides is 1. The van der Waals surface area contributed by atoms with E-state index in [1.54, 1.807) is 6.07 Å². The molecule has 2 aromatic rings. The van der Waals surface area contributed by atoms with Gasteiger partial charge in [-0.15, -0.1) is 6.42 Å². The Labute approximate surface area is 148 Å². The predicted octanol–water partition coefficient (Wildman–Crippen LogP) is 2.97. The normalized spacial score (nSPS) is 11.1. The molecule has 6 heteroatoms. The first kappa shape index (κ1) is 18.7. The van der Waals surface area contributed by atoms with Crippen LogP contribution in [0.25, 0.3) is 0 Å². The van der Waals surface area contributed by atoms with Crippen LogP contribution in [0, 0.1) is 12.3 Å². The van der Waals surface area contributed by atoms with E-state index in [1.807, 2.05) is 38.1 Å². The molecule has 0 aliphatic carbocycles. The first-order chi connectivity index (χ1) is 11.8. The zero-order chi connectivity index (χ0) is 18.4. The van der Waals surface area contributed by atoms with Crippen LogP contribution in [0.1, 0.15) is 35.7 Å². The predicted molar refractivity (Wildman–Crippen MR) is 98.9 cm³/mol. The third-order valence-corrected chi connectivity index (χ3v) is 5.00. The van der Waals surface area contributed by atoms with Crippen molar-refractivity contribution in [3.05, 3.63) is 59.7 Å². The van der Waals surface area contributed by atoms with Gasteiger partial charge in [-0.2, -0.15) is 4.72 Å². The van der Waals surface area contributed by atoms with Crippen LogP contribution in [0.4, 0.5) is 5.69 Å². The molecule has 0 aliphatic heterocycles. The summed E-state index contributed by atoms with van der Waals surface area (Å²) < 4.78 is 26.5. The Balaban J connectivity index is 2.27. The fourth-order valence-electron chi connectivity index (χ4n) is 2.33. The number of para-hydroxylation sites is 1. The van der Waals surface area contributed by atoms with Gasteiger partial charge >= 0.3 is 0 Å². The highest BCUT2D eigenvalue weighted by molar-refractivity contribution is 7.89. The van der Waals surface area contributed by atoms with Crippen molar-refractivity contribution in [1.29, 1.82) is 0 Å². The molecule has 1 amide bonds. The summed E-state index contributed by atoms with van der Waals surface area (Å²) in [4.78, 5) is 12.5. The number of rotatable bonds is 6. The number of hydrogen-bond acceptors (Lipinski definition) is 3. The lowest BCUT2D eigenvalue weighted by Gasteiger charge is -2.14. The molecular formula is C19H20N2O3S. The van der Waals surface area contributed by atoms with Gasteiger partial charge in [0.05, 0.1) is 11.4 Å². The Morgan fingerprint density at radius 2 is 1.88 bits per heavy atom. The molecule has 2 N–H and O–H groups in total. The standard InChI is InChI=1S/C19H20N2O3S/c1-4-12-20-25(23,24)16-9-7-8-15(13-16)19(22)21-18-11-6-5-10-17(18)14(2)3/h1,5-11,13-14,20H,12H2,2-3H3,(H,21,22). The zero-order valence-corrected chi connectivity index (χ0v) is 14.9. The molecule has 0 fully saturated rings. The fraction of sp³-hybridized carbons (Fsp3) is 0.211. The van der Waals surface area contributed by atoms with Gasteiger partial charge in [-0.05, 0) is 35.7 Å². The third kappa shape index (κ3) is 4.69. The molecule has 130 valence electrons. The van der Waals surface area contributed by atoms with Crippen LogP contribution in [0.3, 0.4) is 0 Å². The molecule has 2 rings (SSSR count). The van der Waals surface area contributed by atoms with E-state index in [2.05, 4.69) is 16.0 Å². The van der Waals surface area contributed by atoms with E-state index >= 15 is 0 Å². The van der Waals surface area contributed by atoms with Crippen molar-refractivity contribution in [2.75, 3.05) is 11.9 Å². The molecule has 0 aliphatic rings. The summed E-state index contributed by atoms with van der Waals surface area (Å²) in [6.45, 7) is 3.96. The van der Waals surface area contributed by atoms with Crippen LogP contribution in [-0.4, -0.2) is 20.9 Å². The molecule has 0 atom stereocenters. The van der Waals surface area contributed by atoms with Crippen LogP contribution in [-0.2, 0) is 10.0 Å². The average Bonchev–Trinajstić information content (AvgIpc) is 2.60. The quantitative estimate of drug-likeness (QED) is 0.782. The Bertz CT molecular complexity index is 912. The van der Waals surface area contributed by atoms with Crippen LogP contribution >= 0.6 is 0 Å². The van der Waals surface area contributed by atoms with Gasteiger partial charge in [0.15, 0.2) is 0 Å². The number of nitrogens with one attached hydrogen (secondary N) is 2. The largest absolute Gasteiger partial charge is 0.322 e. The first-order valence-electron chi connectivity index (χ1n) is 7.78. The molecule has 0 saturated heterocycles. The van der Waals surface area contributed by atoms with Crippen molar-refractivity contribution in [2.24, 2.45) is 0 Å². The molecular weight excluding hydrogens is 336 g/mol. The number of carbonyl (C=O) groups excluding carboxylic acids is 1. The van der Waals surface area contributed by atoms with E-state index in [4.69, 9.17) is 6.42 Å². The van der Waals surface area contributed by atoms with Crippen LogP contribution in [0.5, 0.6) is 0 Å². The monoisotopic (exact) mass is 356 g/mol. The second-order valence-electron chi connectivity index (χ2n) is 5.75. The molecule has 25 heavy (non-hydrogen) atoms. The van der Waals surface area contributed by atoms with Crippen LogP contribution < -0.4 is 10.0 Å². The van der Waals surface area contributed by atoms with Gasteiger partial charge in [0, 0.05) is 11.3 Å². The van der Waals surface area contributed by atoms with Gasteiger partial charge in [0.1, 0.15) is 0 Å². The molecule has 0 saturated carbocycles. The highest BCUT2D eigenvalue weighted by atomic mass is 32.2. The van der Waals surface area contributed by atoms with Crippen molar-refractivity contribution in [2.45, 2.75) is 24.7 Å². The van der Waals surface area contributed by atoms with Crippen LogP contribution in [0.15, 0.2) is 53.4 Å². The lowest BCUT2D eigenvalue weighted by molar-refractivity contribution is 0.102. The Morgan fingerprint density at radius 1 is 1.16 bits per heavy atom. The van der Waals surface area contributed by atoms with Crippen molar-refractivity contribution in [3.8, 4) is 12.3 Å². The summed E-state index contributed by atoms with van der Waals surface area (Å²) in [5.41, 5.74) is 1.97. The summed E-state index contributed by atoms with van der Waals surface area (Å²) in [7, 11) is -3.75. The Hall–Kier alpha value is -2.62. The van der Waals surface area contributed by atoms with Gasteiger partial charge < -0.3 is 5.32 Å². The minimum absolute atomic E-state index is 0.00690. The van der Waals surface area contributed by atoms with E-state index in [0.717, 1.165) is 5.56 Å². The van der Waals surface area contributed by atoms with E-state index in [-0.39, 0.29) is 28.8 Å². The lowest BCUT2D eigenvalue weighted by atomic mass is 10.0. The number of amides is 1. The van der Waals surface area contributed by atoms with Crippen molar-refractivity contribution >= 4 is 21.6 Å². The second kappa shape index (κ2) is 7.97. The topological polar surface area (TPSA) is 75.3 Å². The maximum absolute atomic E-state index is 12.5. The lowest BCUT2D eigenvalue weighted by Crippen LogP contribution is -2.24. The van der Waals surface area contributed by atoms with Gasteiger partial charge in [-0.1, -0.05) is 44.0 Å². The summed E-state index contributed by atoms with van der Waals surface area (Å²) in [5, 5.41) is 2.84. The molecule has 0 radical (unpaired) electrons. The number of terminal acetylenes is 1. The van der Waals surface area contributed by atoms with Crippen molar-refractivity contribution in [3.63, 3.8) is 0 Å². The summed E-state index contributed by atoms with van der Waals surface area (Å²) in [6, 6.07) is 13.3. The van der Waals surface area contributed by atoms with E-state index in [9.17, 15) is 13.2 Å². The summed E-state index contributed by atoms with van der Waals surface area (Å²) in [5.74, 6) is 2.08. The zero-order valence-electron chi connectivity index (χ0n) is 14.1.